The highest BCUT2D eigenvalue weighted by Gasteiger charge is 2.39. The summed E-state index contributed by atoms with van der Waals surface area (Å²) in [6, 6.07) is 14.6. The summed E-state index contributed by atoms with van der Waals surface area (Å²) < 4.78 is 16.9. The second kappa shape index (κ2) is 7.00. The Morgan fingerprint density at radius 3 is 2.53 bits per heavy atom. The highest BCUT2D eigenvalue weighted by Crippen LogP contribution is 2.44. The average Bonchev–Trinajstić information content (AvgIpc) is 2.73. The number of halogens is 3. The number of pyridine rings is 1. The molecule has 5 rings (SSSR count). The van der Waals surface area contributed by atoms with Crippen LogP contribution in [0.3, 0.4) is 0 Å². The van der Waals surface area contributed by atoms with Crippen LogP contribution in [0.15, 0.2) is 48.5 Å². The summed E-state index contributed by atoms with van der Waals surface area (Å²) in [5.41, 5.74) is 6.02. The number of aromatic nitrogens is 3. The fourth-order valence-corrected chi connectivity index (χ4v) is 5.00. The van der Waals surface area contributed by atoms with Crippen molar-refractivity contribution in [2.75, 3.05) is 0 Å². The summed E-state index contributed by atoms with van der Waals surface area (Å²) in [5.74, 6) is -0.0179. The predicted octanol–water partition coefficient (Wildman–Crippen LogP) is 6.74. The van der Waals surface area contributed by atoms with E-state index in [2.05, 4.69) is 53.7 Å². The van der Waals surface area contributed by atoms with Gasteiger partial charge in [-0.1, -0.05) is 67.4 Å². The van der Waals surface area contributed by atoms with Gasteiger partial charge in [-0.15, -0.1) is 10.2 Å². The Morgan fingerprint density at radius 2 is 1.80 bits per heavy atom. The van der Waals surface area contributed by atoms with E-state index in [-0.39, 0.29) is 17.0 Å². The van der Waals surface area contributed by atoms with Gasteiger partial charge in [0.2, 0.25) is 11.2 Å². The van der Waals surface area contributed by atoms with Gasteiger partial charge >= 0.3 is 0 Å². The van der Waals surface area contributed by atoms with Crippen molar-refractivity contribution in [2.24, 2.45) is 0 Å². The van der Waals surface area contributed by atoms with Gasteiger partial charge in [0.1, 0.15) is 10.8 Å². The first-order valence-corrected chi connectivity index (χ1v) is 10.6. The van der Waals surface area contributed by atoms with Gasteiger partial charge in [0.15, 0.2) is 16.9 Å². The monoisotopic (exact) mass is 438 g/mol. The molecule has 1 aliphatic rings. The fourth-order valence-electron chi connectivity index (χ4n) is 4.51. The van der Waals surface area contributed by atoms with E-state index in [1.807, 2.05) is 6.07 Å². The average molecular weight is 439 g/mol. The largest absolute Gasteiger partial charge is 0.245 e. The van der Waals surface area contributed by atoms with Crippen LogP contribution in [0.2, 0.25) is 10.2 Å². The molecule has 0 N–H and O–H groups in total. The molecule has 6 heteroatoms. The third kappa shape index (κ3) is 2.67. The van der Waals surface area contributed by atoms with Crippen LogP contribution < -0.4 is 4.57 Å². The lowest BCUT2D eigenvalue weighted by Gasteiger charge is -2.25. The lowest BCUT2D eigenvalue weighted by molar-refractivity contribution is -0.675. The summed E-state index contributed by atoms with van der Waals surface area (Å²) >= 11 is 13.2. The van der Waals surface area contributed by atoms with Crippen molar-refractivity contribution in [3.63, 3.8) is 0 Å². The lowest BCUT2D eigenvalue weighted by atomic mass is 9.85. The van der Waals surface area contributed by atoms with E-state index in [9.17, 15) is 4.39 Å². The van der Waals surface area contributed by atoms with Crippen LogP contribution >= 0.6 is 23.2 Å². The van der Waals surface area contributed by atoms with Crippen LogP contribution in [-0.4, -0.2) is 10.2 Å². The molecule has 0 spiro atoms. The van der Waals surface area contributed by atoms with Crippen molar-refractivity contribution in [2.45, 2.75) is 32.7 Å². The zero-order valence-corrected chi connectivity index (χ0v) is 18.3. The minimum atomic E-state index is -0.328. The minimum absolute atomic E-state index is 0.0951. The van der Waals surface area contributed by atoms with E-state index < -0.39 is 0 Å². The first-order chi connectivity index (χ1) is 14.4. The van der Waals surface area contributed by atoms with Crippen molar-refractivity contribution in [1.29, 1.82) is 0 Å². The molecule has 3 nitrogen and oxygen atoms in total. The Kier molecular flexibility index (Phi) is 4.53. The number of hydrogen-bond donors (Lipinski definition) is 0. The lowest BCUT2D eigenvalue weighted by Crippen LogP contribution is -2.45. The van der Waals surface area contributed by atoms with Crippen LogP contribution in [0.25, 0.3) is 33.4 Å². The van der Waals surface area contributed by atoms with Crippen molar-refractivity contribution in [3.8, 4) is 22.5 Å². The van der Waals surface area contributed by atoms with Crippen molar-refractivity contribution in [1.82, 2.24) is 10.2 Å². The molecule has 0 saturated heterocycles. The zero-order valence-electron chi connectivity index (χ0n) is 16.7. The van der Waals surface area contributed by atoms with Gasteiger partial charge in [0, 0.05) is 18.1 Å². The smallest absolute Gasteiger partial charge is 0.206 e. The third-order valence-corrected chi connectivity index (χ3v) is 6.44. The van der Waals surface area contributed by atoms with E-state index in [4.69, 9.17) is 23.2 Å². The maximum atomic E-state index is 14.8. The molecule has 3 heterocycles. The molecule has 30 heavy (non-hydrogen) atoms. The summed E-state index contributed by atoms with van der Waals surface area (Å²) in [6.45, 7) is 6.42. The van der Waals surface area contributed by atoms with Crippen LogP contribution in [0.5, 0.6) is 0 Å². The molecule has 1 aliphatic heterocycles. The molecular formula is C24H19Cl2FN3+. The summed E-state index contributed by atoms with van der Waals surface area (Å²) in [4.78, 5) is 0. The Balaban J connectivity index is 2.00. The third-order valence-electron chi connectivity index (χ3n) is 5.87. The number of fused-ring (bicyclic) bond motifs is 2. The van der Waals surface area contributed by atoms with E-state index in [0.29, 0.717) is 27.6 Å². The van der Waals surface area contributed by atoms with Gasteiger partial charge in [0.25, 0.3) is 0 Å². The SMILES string of the molecule is CC(C)c1cccc2c1-c1nnc(Cl)c3cc(Cl)c(-c4ccccc4F)[n+](c13)C2C. The first-order valence-electron chi connectivity index (χ1n) is 9.88. The van der Waals surface area contributed by atoms with Gasteiger partial charge in [0.05, 0.1) is 10.9 Å². The molecule has 0 fully saturated rings. The zero-order chi connectivity index (χ0) is 21.2. The number of hydrogen-bond acceptors (Lipinski definition) is 2. The Hall–Kier alpha value is -2.56. The molecule has 0 aliphatic carbocycles. The Bertz CT molecular complexity index is 1330. The van der Waals surface area contributed by atoms with Crippen molar-refractivity contribution in [3.05, 3.63) is 75.7 Å². The predicted molar refractivity (Wildman–Crippen MR) is 118 cm³/mol. The Morgan fingerprint density at radius 1 is 1.03 bits per heavy atom. The first kappa shape index (κ1) is 19.4. The van der Waals surface area contributed by atoms with Gasteiger partial charge < -0.3 is 0 Å². The number of nitrogens with zero attached hydrogens (tertiary/aromatic N) is 3. The quantitative estimate of drug-likeness (QED) is 0.324. The van der Waals surface area contributed by atoms with Crippen LogP contribution in [-0.2, 0) is 0 Å². The van der Waals surface area contributed by atoms with Gasteiger partial charge in [-0.05, 0) is 29.7 Å². The van der Waals surface area contributed by atoms with Gasteiger partial charge in [-0.3, -0.25) is 0 Å². The molecule has 0 bridgehead atoms. The van der Waals surface area contributed by atoms with Crippen LogP contribution in [0, 0.1) is 5.82 Å². The maximum absolute atomic E-state index is 14.8. The second-order valence-corrected chi connectivity index (χ2v) is 8.70. The highest BCUT2D eigenvalue weighted by atomic mass is 35.5. The highest BCUT2D eigenvalue weighted by molar-refractivity contribution is 6.36. The molecule has 2 aromatic heterocycles. The fraction of sp³-hybridized carbons (Fsp3) is 0.208. The van der Waals surface area contributed by atoms with E-state index in [1.165, 1.54) is 11.6 Å². The molecule has 0 amide bonds. The summed E-state index contributed by atoms with van der Waals surface area (Å²) in [5, 5.41) is 10.1. The van der Waals surface area contributed by atoms with E-state index in [1.54, 1.807) is 18.2 Å². The molecule has 1 unspecified atom stereocenters. The number of benzene rings is 2. The minimum Gasteiger partial charge on any atom is -0.206 e. The van der Waals surface area contributed by atoms with Gasteiger partial charge in [-0.2, -0.15) is 4.57 Å². The van der Waals surface area contributed by atoms with Crippen LogP contribution in [0.4, 0.5) is 4.39 Å². The maximum Gasteiger partial charge on any atom is 0.245 e. The normalized spacial score (nSPS) is 15.0. The second-order valence-electron chi connectivity index (χ2n) is 7.93. The van der Waals surface area contributed by atoms with Gasteiger partial charge in [-0.25, -0.2) is 4.39 Å². The molecular weight excluding hydrogens is 420 g/mol. The molecule has 0 radical (unpaired) electrons. The van der Waals surface area contributed by atoms with Crippen LogP contribution in [0.1, 0.15) is 43.9 Å². The molecule has 4 aromatic rings. The van der Waals surface area contributed by atoms with E-state index in [0.717, 1.165) is 22.3 Å². The van der Waals surface area contributed by atoms with E-state index >= 15 is 0 Å². The number of rotatable bonds is 2. The van der Waals surface area contributed by atoms with Crippen molar-refractivity contribution < 1.29 is 8.96 Å². The summed E-state index contributed by atoms with van der Waals surface area (Å²) in [6.07, 6.45) is 0. The Labute approximate surface area is 184 Å². The molecule has 150 valence electrons. The summed E-state index contributed by atoms with van der Waals surface area (Å²) in [7, 11) is 0. The standard InChI is InChI=1S/C24H19Cl2FN3/c1-12(2)14-8-6-9-15-13(3)30-22(16-7-4-5-10-19(16)27)18(25)11-17-23(30)21(20(14)15)28-29-24(17)26/h4-13H,1-3H3/q+1. The molecule has 0 saturated carbocycles. The molecule has 2 aromatic carbocycles. The van der Waals surface area contributed by atoms with Crippen molar-refractivity contribution >= 4 is 34.1 Å². The molecule has 1 atom stereocenters. The topological polar surface area (TPSA) is 29.7 Å².